The lowest BCUT2D eigenvalue weighted by molar-refractivity contribution is -0.186. The molecule has 0 spiro atoms. The van der Waals surface area contributed by atoms with Crippen molar-refractivity contribution in [1.82, 2.24) is 9.80 Å². The summed E-state index contributed by atoms with van der Waals surface area (Å²) in [5, 5.41) is 0. The number of allylic oxidation sites excluding steroid dienone is 4. The molecule has 0 aromatic rings. The Hall–Kier alpha value is -1.22. The zero-order valence-electron chi connectivity index (χ0n) is 11.4. The standard InChI is InChI=1S/C12H14ClF3N2O3S/c13-22(20,21)10-3-1-9(2-4-10)17-5-7-18(8-6-17)11(19)12(14,15)16/h1,3H,2,4-8H2. The Morgan fingerprint density at radius 1 is 1.09 bits per heavy atom. The smallest absolute Gasteiger partial charge is 0.371 e. The van der Waals surface area contributed by atoms with E-state index in [4.69, 9.17) is 10.7 Å². The Kier molecular flexibility index (Phi) is 4.76. The van der Waals surface area contributed by atoms with Gasteiger partial charge < -0.3 is 9.80 Å². The van der Waals surface area contributed by atoms with Crippen LogP contribution in [0.3, 0.4) is 0 Å². The number of piperazine rings is 1. The Balaban J connectivity index is 1.97. The van der Waals surface area contributed by atoms with E-state index in [0.29, 0.717) is 6.42 Å². The fourth-order valence-electron chi connectivity index (χ4n) is 2.45. The summed E-state index contributed by atoms with van der Waals surface area (Å²) in [6.07, 6.45) is -1.11. The highest BCUT2D eigenvalue weighted by molar-refractivity contribution is 8.16. The molecule has 1 saturated heterocycles. The van der Waals surface area contributed by atoms with Crippen molar-refractivity contribution >= 4 is 25.6 Å². The fraction of sp³-hybridized carbons (Fsp3) is 0.583. The number of carbonyl (C=O) groups is 1. The molecule has 1 heterocycles. The summed E-state index contributed by atoms with van der Waals surface area (Å²) in [6.45, 7) is 0.537. The van der Waals surface area contributed by atoms with Gasteiger partial charge in [0.05, 0.1) is 4.91 Å². The van der Waals surface area contributed by atoms with E-state index in [9.17, 15) is 26.4 Å². The van der Waals surface area contributed by atoms with E-state index in [2.05, 4.69) is 0 Å². The van der Waals surface area contributed by atoms with Crippen LogP contribution in [-0.2, 0) is 13.8 Å². The largest absolute Gasteiger partial charge is 0.471 e. The maximum atomic E-state index is 12.3. The maximum Gasteiger partial charge on any atom is 0.471 e. The van der Waals surface area contributed by atoms with E-state index in [-0.39, 0.29) is 37.5 Å². The lowest BCUT2D eigenvalue weighted by Crippen LogP contribution is -2.52. The lowest BCUT2D eigenvalue weighted by atomic mass is 10.1. The Labute approximate surface area is 130 Å². The molecule has 22 heavy (non-hydrogen) atoms. The molecule has 1 amide bonds. The second-order valence-corrected chi connectivity index (χ2v) is 7.62. The molecular formula is C12H14ClF3N2O3S. The summed E-state index contributed by atoms with van der Waals surface area (Å²) in [5.74, 6) is -1.82. The van der Waals surface area contributed by atoms with Gasteiger partial charge in [0.25, 0.3) is 9.05 Å². The summed E-state index contributed by atoms with van der Waals surface area (Å²) in [6, 6.07) is 0. The third-order valence-corrected chi connectivity index (χ3v) is 5.18. The maximum absolute atomic E-state index is 12.3. The molecule has 2 aliphatic rings. The second kappa shape index (κ2) is 6.11. The van der Waals surface area contributed by atoms with Gasteiger partial charge in [-0.15, -0.1) is 0 Å². The molecule has 0 atom stereocenters. The normalized spacial score (nSPS) is 20.5. The van der Waals surface area contributed by atoms with Crippen molar-refractivity contribution in [3.05, 3.63) is 22.8 Å². The van der Waals surface area contributed by atoms with Crippen molar-refractivity contribution < 1.29 is 26.4 Å². The van der Waals surface area contributed by atoms with Crippen molar-refractivity contribution in [3.8, 4) is 0 Å². The van der Waals surface area contributed by atoms with Crippen LogP contribution >= 0.6 is 10.7 Å². The van der Waals surface area contributed by atoms with Gasteiger partial charge in [0.15, 0.2) is 0 Å². The van der Waals surface area contributed by atoms with Gasteiger partial charge >= 0.3 is 12.1 Å². The predicted molar refractivity (Wildman–Crippen MR) is 74.4 cm³/mol. The molecule has 0 saturated carbocycles. The molecule has 2 rings (SSSR count). The molecule has 0 unspecified atom stereocenters. The van der Waals surface area contributed by atoms with Crippen LogP contribution in [-0.4, -0.2) is 56.5 Å². The first-order valence-corrected chi connectivity index (χ1v) is 8.85. The van der Waals surface area contributed by atoms with Gasteiger partial charge in [-0.2, -0.15) is 13.2 Å². The lowest BCUT2D eigenvalue weighted by Gasteiger charge is -2.38. The number of alkyl halides is 3. The molecule has 0 radical (unpaired) electrons. The number of hydrogen-bond acceptors (Lipinski definition) is 4. The minimum atomic E-state index is -4.85. The first-order valence-electron chi connectivity index (χ1n) is 6.54. The summed E-state index contributed by atoms with van der Waals surface area (Å²) in [4.78, 5) is 13.9. The number of carbonyl (C=O) groups excluding carboxylic acids is 1. The van der Waals surface area contributed by atoms with Crippen molar-refractivity contribution in [2.24, 2.45) is 0 Å². The number of halogens is 4. The molecular weight excluding hydrogens is 345 g/mol. The fourth-order valence-corrected chi connectivity index (χ4v) is 3.41. The Morgan fingerprint density at radius 2 is 1.68 bits per heavy atom. The molecule has 1 fully saturated rings. The van der Waals surface area contributed by atoms with Crippen LogP contribution in [0.2, 0.25) is 0 Å². The van der Waals surface area contributed by atoms with E-state index in [0.717, 1.165) is 10.6 Å². The highest BCUT2D eigenvalue weighted by Crippen LogP contribution is 2.28. The van der Waals surface area contributed by atoms with Gasteiger partial charge in [0.2, 0.25) is 0 Å². The molecule has 1 aliphatic heterocycles. The van der Waals surface area contributed by atoms with E-state index in [1.807, 2.05) is 4.90 Å². The third kappa shape index (κ3) is 3.95. The van der Waals surface area contributed by atoms with Crippen LogP contribution in [0.4, 0.5) is 13.2 Å². The highest BCUT2D eigenvalue weighted by Gasteiger charge is 2.43. The molecule has 124 valence electrons. The first kappa shape index (κ1) is 17.1. The van der Waals surface area contributed by atoms with Crippen molar-refractivity contribution in [3.63, 3.8) is 0 Å². The van der Waals surface area contributed by atoms with Gasteiger partial charge in [-0.05, 0) is 25.0 Å². The van der Waals surface area contributed by atoms with Crippen LogP contribution in [0.5, 0.6) is 0 Å². The second-order valence-electron chi connectivity index (χ2n) is 5.01. The molecule has 5 nitrogen and oxygen atoms in total. The van der Waals surface area contributed by atoms with Gasteiger partial charge in [-0.25, -0.2) is 8.42 Å². The van der Waals surface area contributed by atoms with E-state index in [1.54, 1.807) is 6.08 Å². The average Bonchev–Trinajstić information content (AvgIpc) is 2.45. The van der Waals surface area contributed by atoms with Crippen LogP contribution in [0.1, 0.15) is 12.8 Å². The Morgan fingerprint density at radius 3 is 2.09 bits per heavy atom. The Bertz CT molecular complexity index is 620. The van der Waals surface area contributed by atoms with E-state index in [1.165, 1.54) is 6.08 Å². The van der Waals surface area contributed by atoms with Crippen molar-refractivity contribution in [2.45, 2.75) is 19.0 Å². The molecule has 0 N–H and O–H groups in total. The molecule has 10 heteroatoms. The summed E-state index contributed by atoms with van der Waals surface area (Å²) >= 11 is 0. The van der Waals surface area contributed by atoms with E-state index < -0.39 is 21.1 Å². The molecule has 0 aromatic heterocycles. The van der Waals surface area contributed by atoms with Gasteiger partial charge in [0, 0.05) is 42.6 Å². The zero-order chi connectivity index (χ0) is 16.5. The van der Waals surface area contributed by atoms with Crippen molar-refractivity contribution in [1.29, 1.82) is 0 Å². The van der Waals surface area contributed by atoms with Crippen molar-refractivity contribution in [2.75, 3.05) is 26.2 Å². The minimum absolute atomic E-state index is 0.0138. The quantitative estimate of drug-likeness (QED) is 0.707. The predicted octanol–water partition coefficient (Wildman–Crippen LogP) is 1.82. The number of amides is 1. The topological polar surface area (TPSA) is 57.7 Å². The minimum Gasteiger partial charge on any atom is -0.371 e. The SMILES string of the molecule is O=C(N1CCN(C2=CC=C(S(=O)(=O)Cl)CC2)CC1)C(F)(F)F. The molecule has 0 bridgehead atoms. The van der Waals surface area contributed by atoms with Crippen LogP contribution < -0.4 is 0 Å². The van der Waals surface area contributed by atoms with E-state index >= 15 is 0 Å². The summed E-state index contributed by atoms with van der Waals surface area (Å²) < 4.78 is 59.4. The highest BCUT2D eigenvalue weighted by atomic mass is 35.7. The van der Waals surface area contributed by atoms with Crippen LogP contribution in [0.15, 0.2) is 22.8 Å². The van der Waals surface area contributed by atoms with Crippen LogP contribution in [0, 0.1) is 0 Å². The van der Waals surface area contributed by atoms with Gasteiger partial charge in [-0.1, -0.05) is 0 Å². The number of rotatable bonds is 2. The number of hydrogen-bond donors (Lipinski definition) is 0. The third-order valence-electron chi connectivity index (χ3n) is 3.62. The summed E-state index contributed by atoms with van der Waals surface area (Å²) in [5.41, 5.74) is 0.836. The van der Waals surface area contributed by atoms with Gasteiger partial charge in [0.1, 0.15) is 0 Å². The number of nitrogens with zero attached hydrogens (tertiary/aromatic N) is 2. The average molecular weight is 359 g/mol. The zero-order valence-corrected chi connectivity index (χ0v) is 13.0. The first-order chi connectivity index (χ1) is 10.1. The van der Waals surface area contributed by atoms with Gasteiger partial charge in [-0.3, -0.25) is 4.79 Å². The monoisotopic (exact) mass is 358 g/mol. The van der Waals surface area contributed by atoms with Crippen LogP contribution in [0.25, 0.3) is 0 Å². The molecule has 1 aliphatic carbocycles. The molecule has 0 aromatic carbocycles. The summed E-state index contributed by atoms with van der Waals surface area (Å²) in [7, 11) is 1.53.